The maximum absolute atomic E-state index is 12.5. The van der Waals surface area contributed by atoms with Crippen molar-refractivity contribution in [2.75, 3.05) is 32.1 Å². The zero-order chi connectivity index (χ0) is 22.4. The number of ether oxygens (including phenoxy) is 2. The zero-order valence-corrected chi connectivity index (χ0v) is 19.5. The Kier molecular flexibility index (Phi) is 7.79. The van der Waals surface area contributed by atoms with Crippen LogP contribution in [0.2, 0.25) is 0 Å². The highest BCUT2D eigenvalue weighted by Crippen LogP contribution is 2.32. The number of amides is 1. The fourth-order valence-electron chi connectivity index (χ4n) is 3.15. The van der Waals surface area contributed by atoms with Gasteiger partial charge in [-0.05, 0) is 36.8 Å². The van der Waals surface area contributed by atoms with Crippen molar-refractivity contribution in [1.29, 1.82) is 0 Å². The number of hydrogen-bond acceptors (Lipinski definition) is 7. The van der Waals surface area contributed by atoms with E-state index in [1.165, 1.54) is 28.3 Å². The predicted molar refractivity (Wildman–Crippen MR) is 119 cm³/mol. The standard InChI is InChI=1S/C21H27N3O5S2/c1-4-24(5-2)31(26,27)17-7-9-21(22-13-17)30-14-20(25)23-15(3)16-6-8-18-19(12-16)29-11-10-28-18/h6-9,12-13,15H,4-5,10-11,14H2,1-3H3,(H,23,25). The van der Waals surface area contributed by atoms with Crippen molar-refractivity contribution in [2.45, 2.75) is 36.7 Å². The van der Waals surface area contributed by atoms with E-state index in [2.05, 4.69) is 10.3 Å². The van der Waals surface area contributed by atoms with Gasteiger partial charge in [-0.25, -0.2) is 13.4 Å². The summed E-state index contributed by atoms with van der Waals surface area (Å²) in [7, 11) is -3.54. The highest BCUT2D eigenvalue weighted by molar-refractivity contribution is 7.99. The smallest absolute Gasteiger partial charge is 0.244 e. The molecule has 1 aliphatic heterocycles. The van der Waals surface area contributed by atoms with Crippen LogP contribution in [0.3, 0.4) is 0 Å². The average Bonchev–Trinajstić information content (AvgIpc) is 2.78. The number of thioether (sulfide) groups is 1. The molecule has 1 N–H and O–H groups in total. The second kappa shape index (κ2) is 10.3. The Bertz CT molecular complexity index is 1010. The molecule has 0 saturated carbocycles. The van der Waals surface area contributed by atoms with E-state index in [1.807, 2.05) is 25.1 Å². The van der Waals surface area contributed by atoms with Crippen molar-refractivity contribution in [3.63, 3.8) is 0 Å². The van der Waals surface area contributed by atoms with Crippen LogP contribution in [-0.4, -0.2) is 55.7 Å². The molecule has 1 amide bonds. The van der Waals surface area contributed by atoms with Gasteiger partial charge in [0.1, 0.15) is 18.1 Å². The molecule has 1 aromatic heterocycles. The molecular formula is C21H27N3O5S2. The third kappa shape index (κ3) is 5.69. The Labute approximate surface area is 187 Å². The van der Waals surface area contributed by atoms with Crippen LogP contribution in [-0.2, 0) is 14.8 Å². The van der Waals surface area contributed by atoms with Crippen LogP contribution in [0.15, 0.2) is 46.5 Å². The highest BCUT2D eigenvalue weighted by Gasteiger charge is 2.22. The van der Waals surface area contributed by atoms with E-state index in [1.54, 1.807) is 19.9 Å². The van der Waals surface area contributed by atoms with Gasteiger partial charge in [0.25, 0.3) is 0 Å². The lowest BCUT2D eigenvalue weighted by molar-refractivity contribution is -0.119. The molecule has 0 spiro atoms. The summed E-state index contributed by atoms with van der Waals surface area (Å²) in [5.74, 6) is 1.42. The van der Waals surface area contributed by atoms with Crippen LogP contribution in [0.5, 0.6) is 11.5 Å². The van der Waals surface area contributed by atoms with Crippen LogP contribution in [0.25, 0.3) is 0 Å². The molecule has 1 atom stereocenters. The molecule has 0 fully saturated rings. The molecule has 1 aromatic carbocycles. The number of rotatable bonds is 9. The molecule has 0 saturated heterocycles. The van der Waals surface area contributed by atoms with E-state index >= 15 is 0 Å². The number of nitrogens with zero attached hydrogens (tertiary/aromatic N) is 2. The monoisotopic (exact) mass is 465 g/mol. The minimum atomic E-state index is -3.54. The van der Waals surface area contributed by atoms with Gasteiger partial charge in [-0.3, -0.25) is 4.79 Å². The second-order valence-corrected chi connectivity index (χ2v) is 9.84. The topological polar surface area (TPSA) is 97.8 Å². The maximum atomic E-state index is 12.5. The van der Waals surface area contributed by atoms with Gasteiger partial charge in [0.15, 0.2) is 11.5 Å². The van der Waals surface area contributed by atoms with Gasteiger partial charge in [-0.1, -0.05) is 31.7 Å². The maximum Gasteiger partial charge on any atom is 0.244 e. The fourth-order valence-corrected chi connectivity index (χ4v) is 5.21. The molecule has 2 aromatic rings. The van der Waals surface area contributed by atoms with Crippen LogP contribution in [0.1, 0.15) is 32.4 Å². The summed E-state index contributed by atoms with van der Waals surface area (Å²) in [4.78, 5) is 16.7. The van der Waals surface area contributed by atoms with Crippen molar-refractivity contribution in [3.05, 3.63) is 42.1 Å². The second-order valence-electron chi connectivity index (χ2n) is 6.90. The number of aromatic nitrogens is 1. The van der Waals surface area contributed by atoms with E-state index in [0.29, 0.717) is 42.8 Å². The van der Waals surface area contributed by atoms with Crippen molar-refractivity contribution in [2.24, 2.45) is 0 Å². The first-order valence-corrected chi connectivity index (χ1v) is 12.6. The Morgan fingerprint density at radius 3 is 2.52 bits per heavy atom. The van der Waals surface area contributed by atoms with Gasteiger partial charge in [0.2, 0.25) is 15.9 Å². The zero-order valence-electron chi connectivity index (χ0n) is 17.8. The summed E-state index contributed by atoms with van der Waals surface area (Å²) in [6.45, 7) is 7.34. The van der Waals surface area contributed by atoms with Gasteiger partial charge in [-0.15, -0.1) is 0 Å². The number of nitrogens with one attached hydrogen (secondary N) is 1. The van der Waals surface area contributed by atoms with Gasteiger partial charge >= 0.3 is 0 Å². The lowest BCUT2D eigenvalue weighted by Gasteiger charge is -2.21. The number of carbonyl (C=O) groups is 1. The van der Waals surface area contributed by atoms with Crippen molar-refractivity contribution in [3.8, 4) is 11.5 Å². The number of sulfonamides is 1. The number of benzene rings is 1. The molecule has 0 aliphatic carbocycles. The normalized spacial score (nSPS) is 14.3. The molecule has 31 heavy (non-hydrogen) atoms. The largest absolute Gasteiger partial charge is 0.486 e. The molecular weight excluding hydrogens is 438 g/mol. The summed E-state index contributed by atoms with van der Waals surface area (Å²) in [5, 5.41) is 3.54. The summed E-state index contributed by atoms with van der Waals surface area (Å²) < 4.78 is 37.5. The van der Waals surface area contributed by atoms with E-state index in [4.69, 9.17) is 9.47 Å². The van der Waals surface area contributed by atoms with Crippen molar-refractivity contribution < 1.29 is 22.7 Å². The Morgan fingerprint density at radius 2 is 1.87 bits per heavy atom. The first-order valence-electron chi connectivity index (χ1n) is 10.1. The van der Waals surface area contributed by atoms with Gasteiger partial charge < -0.3 is 14.8 Å². The van der Waals surface area contributed by atoms with Crippen LogP contribution in [0.4, 0.5) is 0 Å². The molecule has 168 valence electrons. The molecule has 2 heterocycles. The fraction of sp³-hybridized carbons (Fsp3) is 0.429. The summed E-state index contributed by atoms with van der Waals surface area (Å²) in [6.07, 6.45) is 1.34. The lowest BCUT2D eigenvalue weighted by Crippen LogP contribution is -2.30. The van der Waals surface area contributed by atoms with Gasteiger partial charge in [0.05, 0.1) is 16.8 Å². The molecule has 8 nitrogen and oxygen atoms in total. The SMILES string of the molecule is CCN(CC)S(=O)(=O)c1ccc(SCC(=O)NC(C)c2ccc3c(c2)OCCO3)nc1. The van der Waals surface area contributed by atoms with Gasteiger partial charge in [0, 0.05) is 19.3 Å². The van der Waals surface area contributed by atoms with E-state index in [9.17, 15) is 13.2 Å². The molecule has 0 bridgehead atoms. The van der Waals surface area contributed by atoms with Crippen LogP contribution < -0.4 is 14.8 Å². The number of fused-ring (bicyclic) bond motifs is 1. The predicted octanol–water partition coefficient (Wildman–Crippen LogP) is 2.85. The summed E-state index contributed by atoms with van der Waals surface area (Å²) >= 11 is 1.25. The Morgan fingerprint density at radius 1 is 1.16 bits per heavy atom. The van der Waals surface area contributed by atoms with E-state index in [-0.39, 0.29) is 22.6 Å². The average molecular weight is 466 g/mol. The first-order chi connectivity index (χ1) is 14.8. The third-order valence-corrected chi connectivity index (χ3v) is 7.82. The minimum Gasteiger partial charge on any atom is -0.486 e. The Hall–Kier alpha value is -2.30. The molecule has 0 radical (unpaired) electrons. The number of carbonyl (C=O) groups excluding carboxylic acids is 1. The third-order valence-electron chi connectivity index (χ3n) is 4.85. The molecule has 1 unspecified atom stereocenters. The van der Waals surface area contributed by atoms with Crippen LogP contribution in [0, 0.1) is 0 Å². The summed E-state index contributed by atoms with van der Waals surface area (Å²) in [6, 6.07) is 8.58. The first kappa shape index (κ1) is 23.4. The minimum absolute atomic E-state index is 0.144. The van der Waals surface area contributed by atoms with Crippen molar-refractivity contribution in [1.82, 2.24) is 14.6 Å². The number of pyridine rings is 1. The molecule has 10 heteroatoms. The van der Waals surface area contributed by atoms with Gasteiger partial charge in [-0.2, -0.15) is 4.31 Å². The summed E-state index contributed by atoms with van der Waals surface area (Å²) in [5.41, 5.74) is 0.923. The van der Waals surface area contributed by atoms with Crippen LogP contribution >= 0.6 is 11.8 Å². The highest BCUT2D eigenvalue weighted by atomic mass is 32.2. The van der Waals surface area contributed by atoms with E-state index < -0.39 is 10.0 Å². The number of hydrogen-bond donors (Lipinski definition) is 1. The quantitative estimate of drug-likeness (QED) is 0.569. The lowest BCUT2D eigenvalue weighted by atomic mass is 10.1. The van der Waals surface area contributed by atoms with Crippen molar-refractivity contribution >= 4 is 27.7 Å². The van der Waals surface area contributed by atoms with E-state index in [0.717, 1.165) is 5.56 Å². The molecule has 3 rings (SSSR count). The molecule has 1 aliphatic rings. The Balaban J connectivity index is 1.55.